The molecule has 0 radical (unpaired) electrons. The van der Waals surface area contributed by atoms with Gasteiger partial charge in [-0.15, -0.1) is 0 Å². The van der Waals surface area contributed by atoms with E-state index in [1.54, 1.807) is 25.1 Å². The van der Waals surface area contributed by atoms with Crippen LogP contribution in [0, 0.1) is 24.1 Å². The molecule has 8 heteroatoms. The fourth-order valence-electron chi connectivity index (χ4n) is 3.80. The van der Waals surface area contributed by atoms with Crippen molar-refractivity contribution < 1.29 is 13.9 Å². The zero-order chi connectivity index (χ0) is 21.7. The molecule has 1 saturated carbocycles. The van der Waals surface area contributed by atoms with Crippen LogP contribution in [0.2, 0.25) is 0 Å². The van der Waals surface area contributed by atoms with Crippen LogP contribution in [0.1, 0.15) is 47.2 Å². The Balaban J connectivity index is 2.01. The summed E-state index contributed by atoms with van der Waals surface area (Å²) in [7, 11) is 3.18. The first-order chi connectivity index (χ1) is 14.5. The third kappa shape index (κ3) is 4.69. The van der Waals surface area contributed by atoms with Crippen LogP contribution in [0.4, 0.5) is 21.7 Å². The fraction of sp³-hybridized carbons (Fsp3) is 0.409. The van der Waals surface area contributed by atoms with Crippen molar-refractivity contribution in [2.45, 2.75) is 44.7 Å². The lowest BCUT2D eigenvalue weighted by Crippen LogP contribution is -2.44. The number of nitrogens with zero attached hydrogens (tertiary/aromatic N) is 2. The van der Waals surface area contributed by atoms with Crippen LogP contribution in [0.3, 0.4) is 0 Å². The Kier molecular flexibility index (Phi) is 6.85. The number of ether oxygens (including phenoxy) is 1. The van der Waals surface area contributed by atoms with Gasteiger partial charge in [0.25, 0.3) is 0 Å². The second-order valence-corrected chi connectivity index (χ2v) is 7.40. The molecule has 1 aliphatic carbocycles. The highest BCUT2D eigenvalue weighted by molar-refractivity contribution is 5.98. The average Bonchev–Trinajstić information content (AvgIpc) is 2.75. The summed E-state index contributed by atoms with van der Waals surface area (Å²) in [4.78, 5) is 16.9. The summed E-state index contributed by atoms with van der Waals surface area (Å²) in [5, 5.41) is 19.4. The van der Waals surface area contributed by atoms with E-state index >= 15 is 0 Å². The average molecular weight is 411 g/mol. The number of esters is 1. The van der Waals surface area contributed by atoms with Gasteiger partial charge in [0.15, 0.2) is 0 Å². The highest BCUT2D eigenvalue weighted by Crippen LogP contribution is 2.28. The van der Waals surface area contributed by atoms with E-state index in [1.165, 1.54) is 19.6 Å². The molecule has 2 aromatic rings. The van der Waals surface area contributed by atoms with E-state index in [0.717, 1.165) is 19.3 Å². The van der Waals surface area contributed by atoms with Gasteiger partial charge in [-0.2, -0.15) is 5.26 Å². The van der Waals surface area contributed by atoms with E-state index in [-0.39, 0.29) is 28.8 Å². The second kappa shape index (κ2) is 9.55. The topological polar surface area (TPSA) is 99.1 Å². The molecule has 0 bridgehead atoms. The highest BCUT2D eigenvalue weighted by Gasteiger charge is 2.26. The maximum Gasteiger partial charge on any atom is 0.343 e. The van der Waals surface area contributed by atoms with Crippen LogP contribution in [0.5, 0.6) is 0 Å². The number of rotatable bonds is 6. The molecule has 158 valence electrons. The van der Waals surface area contributed by atoms with Gasteiger partial charge in [-0.25, -0.2) is 14.2 Å². The van der Waals surface area contributed by atoms with Gasteiger partial charge in [0.2, 0.25) is 0 Å². The summed E-state index contributed by atoms with van der Waals surface area (Å²) in [6.07, 6.45) is 4.31. The molecule has 30 heavy (non-hydrogen) atoms. The van der Waals surface area contributed by atoms with Crippen molar-refractivity contribution in [2.75, 3.05) is 24.8 Å². The summed E-state index contributed by atoms with van der Waals surface area (Å²) in [6.45, 7) is 1.65. The van der Waals surface area contributed by atoms with Crippen LogP contribution in [0.25, 0.3) is 0 Å². The van der Waals surface area contributed by atoms with Crippen molar-refractivity contribution in [3.8, 4) is 6.07 Å². The standard InChI is InChI=1S/C22H26FN5O2/c1-13-10-15(8-9-16(13)23)26-21-20(22(29)30-3)14(12-24)11-19(28-21)27-18-7-5-4-6-17(18)25-2/h8-11,17-18,25H,4-7H2,1-3H3,(H2,26,27,28)/t17-,18?/m0/s1. The number of nitriles is 1. The lowest BCUT2D eigenvalue weighted by molar-refractivity contribution is 0.0601. The van der Waals surface area contributed by atoms with E-state index in [0.29, 0.717) is 23.1 Å². The Morgan fingerprint density at radius 2 is 2.00 bits per heavy atom. The number of hydrogen-bond donors (Lipinski definition) is 3. The highest BCUT2D eigenvalue weighted by atomic mass is 19.1. The first-order valence-electron chi connectivity index (χ1n) is 9.97. The maximum absolute atomic E-state index is 13.6. The Morgan fingerprint density at radius 1 is 1.27 bits per heavy atom. The summed E-state index contributed by atoms with van der Waals surface area (Å²) in [5.41, 5.74) is 1.20. The quantitative estimate of drug-likeness (QED) is 0.621. The molecule has 1 aromatic heterocycles. The molecule has 1 aromatic carbocycles. The third-order valence-corrected chi connectivity index (χ3v) is 5.42. The SMILES string of the molecule is CN[C@H]1CCCCC1Nc1cc(C#N)c(C(=O)OC)c(Nc2ccc(F)c(C)c2)n1. The van der Waals surface area contributed by atoms with Crippen molar-refractivity contribution in [1.29, 1.82) is 5.26 Å². The molecule has 7 nitrogen and oxygen atoms in total. The number of methoxy groups -OCH3 is 1. The predicted octanol–water partition coefficient (Wildman–Crippen LogP) is 3.87. The lowest BCUT2D eigenvalue weighted by atomic mass is 9.90. The number of hydrogen-bond acceptors (Lipinski definition) is 7. The molecule has 1 unspecified atom stereocenters. The van der Waals surface area contributed by atoms with E-state index in [9.17, 15) is 14.4 Å². The van der Waals surface area contributed by atoms with Gasteiger partial charge in [0.1, 0.15) is 29.1 Å². The van der Waals surface area contributed by atoms with Crippen molar-refractivity contribution >= 4 is 23.3 Å². The van der Waals surface area contributed by atoms with Crippen molar-refractivity contribution in [3.63, 3.8) is 0 Å². The number of aromatic nitrogens is 1. The predicted molar refractivity (Wildman–Crippen MR) is 113 cm³/mol. The molecule has 0 spiro atoms. The molecule has 2 atom stereocenters. The zero-order valence-electron chi connectivity index (χ0n) is 17.4. The van der Waals surface area contributed by atoms with Crippen LogP contribution in [0.15, 0.2) is 24.3 Å². The summed E-state index contributed by atoms with van der Waals surface area (Å²) < 4.78 is 18.5. The van der Waals surface area contributed by atoms with E-state index in [2.05, 4.69) is 27.0 Å². The Morgan fingerprint density at radius 3 is 2.63 bits per heavy atom. The van der Waals surface area contributed by atoms with Gasteiger partial charge in [-0.1, -0.05) is 12.8 Å². The smallest absolute Gasteiger partial charge is 0.343 e. The van der Waals surface area contributed by atoms with Crippen molar-refractivity contribution in [3.05, 3.63) is 46.8 Å². The second-order valence-electron chi connectivity index (χ2n) is 7.40. The third-order valence-electron chi connectivity index (χ3n) is 5.42. The number of anilines is 3. The number of carbonyl (C=O) groups is 1. The molecule has 1 aliphatic rings. The Labute approximate surface area is 175 Å². The van der Waals surface area contributed by atoms with Crippen LogP contribution < -0.4 is 16.0 Å². The summed E-state index contributed by atoms with van der Waals surface area (Å²) >= 11 is 0. The van der Waals surface area contributed by atoms with Gasteiger partial charge in [0, 0.05) is 17.8 Å². The first kappa shape index (κ1) is 21.5. The van der Waals surface area contributed by atoms with E-state index < -0.39 is 5.97 Å². The van der Waals surface area contributed by atoms with Gasteiger partial charge >= 0.3 is 5.97 Å². The fourth-order valence-corrected chi connectivity index (χ4v) is 3.80. The largest absolute Gasteiger partial charge is 0.465 e. The molecule has 3 rings (SSSR count). The molecule has 0 aliphatic heterocycles. The van der Waals surface area contributed by atoms with Gasteiger partial charge in [-0.05, 0) is 56.6 Å². The van der Waals surface area contributed by atoms with Crippen molar-refractivity contribution in [2.24, 2.45) is 0 Å². The van der Waals surface area contributed by atoms with Crippen LogP contribution in [-0.2, 0) is 4.74 Å². The Bertz CT molecular complexity index is 973. The molecule has 1 fully saturated rings. The number of carbonyl (C=O) groups excluding carboxylic acids is 1. The number of aryl methyl sites for hydroxylation is 1. The number of benzene rings is 1. The minimum absolute atomic E-state index is 0.0429. The number of nitrogens with one attached hydrogen (secondary N) is 3. The zero-order valence-corrected chi connectivity index (χ0v) is 17.4. The first-order valence-corrected chi connectivity index (χ1v) is 9.97. The van der Waals surface area contributed by atoms with Gasteiger partial charge < -0.3 is 20.7 Å². The van der Waals surface area contributed by atoms with Crippen molar-refractivity contribution in [1.82, 2.24) is 10.3 Å². The van der Waals surface area contributed by atoms with Crippen LogP contribution >= 0.6 is 0 Å². The van der Waals surface area contributed by atoms with Gasteiger partial charge in [0.05, 0.1) is 12.7 Å². The normalized spacial score (nSPS) is 18.4. The molecule has 0 amide bonds. The molecule has 0 saturated heterocycles. The lowest BCUT2D eigenvalue weighted by Gasteiger charge is -2.32. The monoisotopic (exact) mass is 411 g/mol. The summed E-state index contributed by atoms with van der Waals surface area (Å²) in [6, 6.07) is 8.58. The summed E-state index contributed by atoms with van der Waals surface area (Å²) in [5.74, 6) is -0.318. The maximum atomic E-state index is 13.6. The minimum atomic E-state index is -0.669. The number of likely N-dealkylation sites (N-methyl/N-ethyl adjacent to an activating group) is 1. The minimum Gasteiger partial charge on any atom is -0.465 e. The molecule has 3 N–H and O–H groups in total. The number of halogens is 1. The van der Waals surface area contributed by atoms with Gasteiger partial charge in [-0.3, -0.25) is 0 Å². The molecular weight excluding hydrogens is 385 g/mol. The number of pyridine rings is 1. The molecular formula is C22H26FN5O2. The van der Waals surface area contributed by atoms with E-state index in [1.807, 2.05) is 7.05 Å². The van der Waals surface area contributed by atoms with Crippen LogP contribution in [-0.4, -0.2) is 37.2 Å². The Hall–Kier alpha value is -3.18. The van der Waals surface area contributed by atoms with E-state index in [4.69, 9.17) is 4.74 Å². The molecule has 1 heterocycles.